The molecular weight excluding hydrogens is 372 g/mol. The van der Waals surface area contributed by atoms with E-state index in [4.69, 9.17) is 8.75 Å². The van der Waals surface area contributed by atoms with Gasteiger partial charge in [-0.3, -0.25) is 0 Å². The molecule has 3 heteroatoms. The number of hydrogen-bond acceptors (Lipinski definition) is 3. The first kappa shape index (κ1) is 19.8. The van der Waals surface area contributed by atoms with E-state index in [1.807, 2.05) is 0 Å². The first-order chi connectivity index (χ1) is 13.7. The van der Waals surface area contributed by atoms with E-state index in [0.717, 1.165) is 11.0 Å². The van der Waals surface area contributed by atoms with Gasteiger partial charge in [0.05, 0.1) is 11.7 Å². The van der Waals surface area contributed by atoms with E-state index in [9.17, 15) is 0 Å². The average Bonchev–Trinajstić information content (AvgIpc) is 3.16. The molecule has 0 N–H and O–H groups in total. The van der Waals surface area contributed by atoms with E-state index in [1.165, 1.54) is 78.5 Å². The van der Waals surface area contributed by atoms with Crippen LogP contribution in [0.4, 0.5) is 0 Å². The van der Waals surface area contributed by atoms with Gasteiger partial charge in [0.1, 0.15) is 11.0 Å². The molecule has 0 atom stereocenters. The Hall–Kier alpha value is -2.52. The lowest BCUT2D eigenvalue weighted by molar-refractivity contribution is 1.24. The molecule has 0 aliphatic heterocycles. The van der Waals surface area contributed by atoms with Crippen molar-refractivity contribution in [2.24, 2.45) is 0 Å². The van der Waals surface area contributed by atoms with Crippen LogP contribution < -0.4 is 0 Å². The minimum absolute atomic E-state index is 1.02. The van der Waals surface area contributed by atoms with Gasteiger partial charge in [0.2, 0.25) is 0 Å². The standard InChI is InChI=1S/C26H28N2S/c1-13-11-14(2)18(6)23(17(13)5)21-9-10-22(26-25(21)27-29-28-26)24-19(7)15(3)12-16(4)20(24)8/h9-12H,1-8H3. The van der Waals surface area contributed by atoms with Crippen LogP contribution in [0.2, 0.25) is 0 Å². The topological polar surface area (TPSA) is 25.8 Å². The molecule has 0 aliphatic carbocycles. The first-order valence-corrected chi connectivity index (χ1v) is 10.9. The maximum absolute atomic E-state index is 4.76. The van der Waals surface area contributed by atoms with Crippen LogP contribution >= 0.6 is 11.7 Å². The van der Waals surface area contributed by atoms with Crippen LogP contribution in [0.25, 0.3) is 33.3 Å². The van der Waals surface area contributed by atoms with Crippen LogP contribution in [0.1, 0.15) is 44.5 Å². The highest BCUT2D eigenvalue weighted by molar-refractivity contribution is 7.00. The second-order valence-corrected chi connectivity index (χ2v) is 8.92. The number of benzene rings is 3. The summed E-state index contributed by atoms with van der Waals surface area (Å²) in [5.41, 5.74) is 17.6. The molecule has 0 saturated carbocycles. The Morgan fingerprint density at radius 1 is 0.517 bits per heavy atom. The Morgan fingerprint density at radius 3 is 1.14 bits per heavy atom. The zero-order valence-corrected chi connectivity index (χ0v) is 19.4. The van der Waals surface area contributed by atoms with Crippen LogP contribution in [0.3, 0.4) is 0 Å². The average molecular weight is 401 g/mol. The molecule has 3 aromatic carbocycles. The highest BCUT2D eigenvalue weighted by Gasteiger charge is 2.20. The van der Waals surface area contributed by atoms with Crippen molar-refractivity contribution in [3.05, 3.63) is 68.8 Å². The van der Waals surface area contributed by atoms with Crippen molar-refractivity contribution in [1.29, 1.82) is 0 Å². The maximum atomic E-state index is 4.76. The van der Waals surface area contributed by atoms with Gasteiger partial charge < -0.3 is 0 Å². The van der Waals surface area contributed by atoms with Gasteiger partial charge in [0.15, 0.2) is 0 Å². The van der Waals surface area contributed by atoms with E-state index in [0.29, 0.717) is 0 Å². The van der Waals surface area contributed by atoms with Gasteiger partial charge in [-0.05, 0) is 111 Å². The van der Waals surface area contributed by atoms with Crippen LogP contribution in [0, 0.1) is 55.4 Å². The van der Waals surface area contributed by atoms with Crippen LogP contribution in [0.15, 0.2) is 24.3 Å². The fourth-order valence-corrected chi connectivity index (χ4v) is 5.09. The van der Waals surface area contributed by atoms with E-state index in [1.54, 1.807) is 0 Å². The Bertz CT molecular complexity index is 1130. The van der Waals surface area contributed by atoms with Crippen LogP contribution in [0.5, 0.6) is 0 Å². The highest BCUT2D eigenvalue weighted by Crippen LogP contribution is 2.41. The number of rotatable bonds is 2. The molecule has 0 radical (unpaired) electrons. The number of aromatic nitrogens is 2. The van der Waals surface area contributed by atoms with E-state index in [-0.39, 0.29) is 0 Å². The third-order valence-corrected chi connectivity index (χ3v) is 7.21. The highest BCUT2D eigenvalue weighted by atomic mass is 32.1. The summed E-state index contributed by atoms with van der Waals surface area (Å²) in [7, 11) is 0. The Balaban J connectivity index is 2.07. The molecule has 29 heavy (non-hydrogen) atoms. The van der Waals surface area contributed by atoms with Gasteiger partial charge in [0.25, 0.3) is 0 Å². The quantitative estimate of drug-likeness (QED) is 0.348. The third kappa shape index (κ3) is 3.00. The number of aryl methyl sites for hydroxylation is 4. The zero-order valence-electron chi connectivity index (χ0n) is 18.6. The molecule has 1 aromatic heterocycles. The van der Waals surface area contributed by atoms with Gasteiger partial charge in [-0.25, -0.2) is 0 Å². The molecule has 4 rings (SSSR count). The second kappa shape index (κ2) is 7.07. The third-order valence-electron chi connectivity index (χ3n) is 6.69. The van der Waals surface area contributed by atoms with Gasteiger partial charge in [0, 0.05) is 11.1 Å². The number of fused-ring (bicyclic) bond motifs is 1. The normalized spacial score (nSPS) is 11.4. The molecule has 148 valence electrons. The molecule has 0 spiro atoms. The molecule has 0 amide bonds. The van der Waals surface area contributed by atoms with Crippen molar-refractivity contribution in [2.45, 2.75) is 55.4 Å². The molecule has 4 aromatic rings. The Morgan fingerprint density at radius 2 is 0.828 bits per heavy atom. The second-order valence-electron chi connectivity index (χ2n) is 8.39. The lowest BCUT2D eigenvalue weighted by Crippen LogP contribution is -1.98. The fourth-order valence-electron chi connectivity index (χ4n) is 4.51. The summed E-state index contributed by atoms with van der Waals surface area (Å²) in [6.45, 7) is 17.6. The molecule has 0 saturated heterocycles. The zero-order chi connectivity index (χ0) is 21.0. The molecule has 0 aliphatic rings. The van der Waals surface area contributed by atoms with Crippen molar-refractivity contribution in [3.63, 3.8) is 0 Å². The van der Waals surface area contributed by atoms with E-state index < -0.39 is 0 Å². The van der Waals surface area contributed by atoms with Gasteiger partial charge in [-0.1, -0.05) is 24.3 Å². The number of hydrogen-bond donors (Lipinski definition) is 0. The van der Waals surface area contributed by atoms with E-state index >= 15 is 0 Å². The molecule has 2 nitrogen and oxygen atoms in total. The molecule has 0 unspecified atom stereocenters. The largest absolute Gasteiger partial charge is 0.172 e. The van der Waals surface area contributed by atoms with Gasteiger partial charge >= 0.3 is 0 Å². The van der Waals surface area contributed by atoms with Gasteiger partial charge in [-0.2, -0.15) is 8.75 Å². The Labute approximate surface area is 178 Å². The molecule has 1 heterocycles. The van der Waals surface area contributed by atoms with Crippen molar-refractivity contribution < 1.29 is 0 Å². The van der Waals surface area contributed by atoms with Crippen molar-refractivity contribution in [2.75, 3.05) is 0 Å². The summed E-state index contributed by atoms with van der Waals surface area (Å²) in [6, 6.07) is 9.07. The summed E-state index contributed by atoms with van der Waals surface area (Å²) >= 11 is 1.31. The van der Waals surface area contributed by atoms with Gasteiger partial charge in [-0.15, -0.1) is 0 Å². The minimum atomic E-state index is 1.02. The minimum Gasteiger partial charge on any atom is -0.172 e. The lowest BCUT2D eigenvalue weighted by Gasteiger charge is -2.18. The first-order valence-electron chi connectivity index (χ1n) is 10.1. The van der Waals surface area contributed by atoms with Crippen molar-refractivity contribution in [3.8, 4) is 22.3 Å². The molecule has 0 bridgehead atoms. The summed E-state index contributed by atoms with van der Waals surface area (Å²) in [6.07, 6.45) is 0. The predicted octanol–water partition coefficient (Wildman–Crippen LogP) is 7.49. The number of nitrogens with zero attached hydrogens (tertiary/aromatic N) is 2. The van der Waals surface area contributed by atoms with Crippen molar-refractivity contribution >= 4 is 22.8 Å². The lowest BCUT2D eigenvalue weighted by atomic mass is 9.86. The molecular formula is C26H28N2S. The molecule has 0 fully saturated rings. The monoisotopic (exact) mass is 400 g/mol. The summed E-state index contributed by atoms with van der Waals surface area (Å²) in [4.78, 5) is 0. The smallest absolute Gasteiger partial charge is 0.113 e. The van der Waals surface area contributed by atoms with Crippen LogP contribution in [-0.2, 0) is 0 Å². The Kier molecular flexibility index (Phi) is 4.82. The van der Waals surface area contributed by atoms with E-state index in [2.05, 4.69) is 79.7 Å². The summed E-state index contributed by atoms with van der Waals surface area (Å²) in [5.74, 6) is 0. The predicted molar refractivity (Wildman–Crippen MR) is 126 cm³/mol. The fraction of sp³-hybridized carbons (Fsp3) is 0.308. The van der Waals surface area contributed by atoms with Crippen molar-refractivity contribution in [1.82, 2.24) is 8.75 Å². The SMILES string of the molecule is Cc1cc(C)c(C)c(-c2ccc(-c3c(C)c(C)cc(C)c3C)c3nsnc23)c1C. The maximum Gasteiger partial charge on any atom is 0.113 e. The summed E-state index contributed by atoms with van der Waals surface area (Å²) < 4.78 is 9.52. The summed E-state index contributed by atoms with van der Waals surface area (Å²) in [5, 5.41) is 0. The van der Waals surface area contributed by atoms with Crippen LogP contribution in [-0.4, -0.2) is 8.75 Å².